The monoisotopic (exact) mass is 254 g/mol. The first-order chi connectivity index (χ1) is 8.15. The summed E-state index contributed by atoms with van der Waals surface area (Å²) in [6, 6.07) is 6.38. The predicted molar refractivity (Wildman–Crippen MR) is 75.3 cm³/mol. The van der Waals surface area contributed by atoms with Gasteiger partial charge in [-0.2, -0.15) is 0 Å². The van der Waals surface area contributed by atoms with Crippen molar-refractivity contribution < 1.29 is 4.74 Å². The SMILES string of the molecule is Cc1cc(OCCCCCCl)ccc1C(C)C. The molecule has 0 amide bonds. The van der Waals surface area contributed by atoms with Gasteiger partial charge in [-0.25, -0.2) is 0 Å². The van der Waals surface area contributed by atoms with Crippen LogP contribution in [0.1, 0.15) is 50.2 Å². The zero-order valence-electron chi connectivity index (χ0n) is 11.1. The van der Waals surface area contributed by atoms with Crippen molar-refractivity contribution in [1.82, 2.24) is 0 Å². The lowest BCUT2D eigenvalue weighted by atomic mass is 9.98. The van der Waals surface area contributed by atoms with Gasteiger partial charge in [-0.05, 0) is 55.4 Å². The first kappa shape index (κ1) is 14.4. The van der Waals surface area contributed by atoms with E-state index < -0.39 is 0 Å². The van der Waals surface area contributed by atoms with Gasteiger partial charge in [-0.15, -0.1) is 11.6 Å². The number of rotatable bonds is 7. The summed E-state index contributed by atoms with van der Waals surface area (Å²) in [7, 11) is 0. The van der Waals surface area contributed by atoms with Gasteiger partial charge in [-0.1, -0.05) is 19.9 Å². The number of hydrogen-bond donors (Lipinski definition) is 0. The van der Waals surface area contributed by atoms with Gasteiger partial charge in [0.05, 0.1) is 6.61 Å². The van der Waals surface area contributed by atoms with E-state index in [1.165, 1.54) is 11.1 Å². The van der Waals surface area contributed by atoms with E-state index in [0.717, 1.165) is 37.5 Å². The minimum atomic E-state index is 0.577. The molecule has 0 aromatic heterocycles. The highest BCUT2D eigenvalue weighted by atomic mass is 35.5. The lowest BCUT2D eigenvalue weighted by Gasteiger charge is -2.12. The third-order valence-corrected chi connectivity index (χ3v) is 3.18. The Morgan fingerprint density at radius 1 is 1.18 bits per heavy atom. The standard InChI is InChI=1S/C15H23ClO/c1-12(2)15-8-7-14(11-13(15)3)17-10-6-4-5-9-16/h7-8,11-12H,4-6,9-10H2,1-3H3. The Morgan fingerprint density at radius 2 is 1.94 bits per heavy atom. The molecule has 0 spiro atoms. The second-order valence-electron chi connectivity index (χ2n) is 4.77. The molecule has 0 radical (unpaired) electrons. The van der Waals surface area contributed by atoms with Gasteiger partial charge < -0.3 is 4.74 Å². The summed E-state index contributed by atoms with van der Waals surface area (Å²) >= 11 is 5.62. The van der Waals surface area contributed by atoms with Crippen LogP contribution in [0.15, 0.2) is 18.2 Å². The molecule has 0 aliphatic heterocycles. The van der Waals surface area contributed by atoms with Gasteiger partial charge in [0.25, 0.3) is 0 Å². The van der Waals surface area contributed by atoms with E-state index in [1.54, 1.807) is 0 Å². The number of alkyl halides is 1. The van der Waals surface area contributed by atoms with Crippen molar-refractivity contribution in [2.45, 2.75) is 46.0 Å². The van der Waals surface area contributed by atoms with Crippen molar-refractivity contribution in [3.8, 4) is 5.75 Å². The maximum atomic E-state index is 5.73. The van der Waals surface area contributed by atoms with Crippen LogP contribution in [0.3, 0.4) is 0 Å². The van der Waals surface area contributed by atoms with Crippen LogP contribution in [-0.4, -0.2) is 12.5 Å². The Labute approximate surface area is 110 Å². The zero-order chi connectivity index (χ0) is 12.7. The molecule has 0 heterocycles. The zero-order valence-corrected chi connectivity index (χ0v) is 11.9. The minimum Gasteiger partial charge on any atom is -0.494 e. The number of aryl methyl sites for hydroxylation is 1. The molecule has 1 rings (SSSR count). The number of hydrogen-bond acceptors (Lipinski definition) is 1. The molecule has 96 valence electrons. The van der Waals surface area contributed by atoms with Crippen LogP contribution in [0.5, 0.6) is 5.75 Å². The highest BCUT2D eigenvalue weighted by molar-refractivity contribution is 6.17. The van der Waals surface area contributed by atoms with Gasteiger partial charge in [0, 0.05) is 5.88 Å². The fourth-order valence-electron chi connectivity index (χ4n) is 1.95. The lowest BCUT2D eigenvalue weighted by molar-refractivity contribution is 0.306. The summed E-state index contributed by atoms with van der Waals surface area (Å²) in [5.74, 6) is 2.31. The van der Waals surface area contributed by atoms with E-state index in [9.17, 15) is 0 Å². The largest absolute Gasteiger partial charge is 0.494 e. The van der Waals surface area contributed by atoms with Crippen LogP contribution >= 0.6 is 11.6 Å². The van der Waals surface area contributed by atoms with Gasteiger partial charge >= 0.3 is 0 Å². The average Bonchev–Trinajstić information content (AvgIpc) is 2.28. The van der Waals surface area contributed by atoms with Crippen molar-refractivity contribution in [3.63, 3.8) is 0 Å². The number of halogens is 1. The summed E-state index contributed by atoms with van der Waals surface area (Å²) in [6.07, 6.45) is 3.31. The quantitative estimate of drug-likeness (QED) is 0.496. The number of unbranched alkanes of at least 4 members (excludes halogenated alkanes) is 2. The fourth-order valence-corrected chi connectivity index (χ4v) is 2.14. The van der Waals surface area contributed by atoms with Crippen molar-refractivity contribution in [2.75, 3.05) is 12.5 Å². The van der Waals surface area contributed by atoms with Crippen LogP contribution in [0.25, 0.3) is 0 Å². The summed E-state index contributed by atoms with van der Waals surface area (Å²) in [6.45, 7) is 7.37. The second-order valence-corrected chi connectivity index (χ2v) is 5.15. The maximum absolute atomic E-state index is 5.73. The van der Waals surface area contributed by atoms with Crippen LogP contribution in [0.4, 0.5) is 0 Å². The van der Waals surface area contributed by atoms with Crippen molar-refractivity contribution in [3.05, 3.63) is 29.3 Å². The molecular weight excluding hydrogens is 232 g/mol. The van der Waals surface area contributed by atoms with Crippen molar-refractivity contribution in [2.24, 2.45) is 0 Å². The second kappa shape index (κ2) is 7.60. The molecule has 2 heteroatoms. The van der Waals surface area contributed by atoms with Gasteiger partial charge in [-0.3, -0.25) is 0 Å². The molecule has 0 aliphatic rings. The number of benzene rings is 1. The Bertz CT molecular complexity index is 334. The van der Waals surface area contributed by atoms with Crippen LogP contribution in [0, 0.1) is 6.92 Å². The first-order valence-electron chi connectivity index (χ1n) is 6.44. The Balaban J connectivity index is 2.42. The van der Waals surface area contributed by atoms with Crippen molar-refractivity contribution in [1.29, 1.82) is 0 Å². The molecule has 0 aliphatic carbocycles. The van der Waals surface area contributed by atoms with Crippen LogP contribution < -0.4 is 4.74 Å². The molecule has 1 nitrogen and oxygen atoms in total. The average molecular weight is 255 g/mol. The highest BCUT2D eigenvalue weighted by Gasteiger charge is 2.04. The van der Waals surface area contributed by atoms with E-state index in [-0.39, 0.29) is 0 Å². The maximum Gasteiger partial charge on any atom is 0.119 e. The number of ether oxygens (including phenoxy) is 1. The predicted octanol–water partition coefficient (Wildman–Crippen LogP) is 4.91. The van der Waals surface area contributed by atoms with Crippen molar-refractivity contribution >= 4 is 11.6 Å². The smallest absolute Gasteiger partial charge is 0.119 e. The molecule has 0 fully saturated rings. The third-order valence-electron chi connectivity index (χ3n) is 2.91. The molecule has 0 saturated carbocycles. The Kier molecular flexibility index (Phi) is 6.43. The minimum absolute atomic E-state index is 0.577. The van der Waals surface area contributed by atoms with Gasteiger partial charge in [0.15, 0.2) is 0 Å². The lowest BCUT2D eigenvalue weighted by Crippen LogP contribution is -1.99. The van der Waals surface area contributed by atoms with Gasteiger partial charge in [0.2, 0.25) is 0 Å². The Morgan fingerprint density at radius 3 is 2.53 bits per heavy atom. The Hall–Kier alpha value is -0.690. The fraction of sp³-hybridized carbons (Fsp3) is 0.600. The molecule has 0 saturated heterocycles. The van der Waals surface area contributed by atoms with E-state index in [0.29, 0.717) is 5.92 Å². The molecule has 0 N–H and O–H groups in total. The highest BCUT2D eigenvalue weighted by Crippen LogP contribution is 2.23. The van der Waals surface area contributed by atoms with E-state index in [2.05, 4.69) is 39.0 Å². The van der Waals surface area contributed by atoms with E-state index >= 15 is 0 Å². The van der Waals surface area contributed by atoms with E-state index in [4.69, 9.17) is 16.3 Å². The normalized spacial score (nSPS) is 10.9. The summed E-state index contributed by atoms with van der Waals surface area (Å²) < 4.78 is 5.73. The van der Waals surface area contributed by atoms with E-state index in [1.807, 2.05) is 0 Å². The molecular formula is C15H23ClO. The first-order valence-corrected chi connectivity index (χ1v) is 6.98. The topological polar surface area (TPSA) is 9.23 Å². The van der Waals surface area contributed by atoms with Crippen LogP contribution in [0.2, 0.25) is 0 Å². The molecule has 1 aromatic rings. The molecule has 0 atom stereocenters. The van der Waals surface area contributed by atoms with Crippen LogP contribution in [-0.2, 0) is 0 Å². The summed E-state index contributed by atoms with van der Waals surface area (Å²) in [5, 5.41) is 0. The molecule has 1 aromatic carbocycles. The molecule has 0 bridgehead atoms. The molecule has 0 unspecified atom stereocenters. The molecule has 17 heavy (non-hydrogen) atoms. The summed E-state index contributed by atoms with van der Waals surface area (Å²) in [5.41, 5.74) is 2.72. The third kappa shape index (κ3) is 4.99. The summed E-state index contributed by atoms with van der Waals surface area (Å²) in [4.78, 5) is 0. The van der Waals surface area contributed by atoms with Gasteiger partial charge in [0.1, 0.15) is 5.75 Å².